The molecule has 24 nitrogen and oxygen atoms in total. The van der Waals surface area contributed by atoms with Crippen molar-refractivity contribution in [3.05, 3.63) is 35.4 Å². The first-order chi connectivity index (χ1) is 36.7. The Morgan fingerprint density at radius 3 is 1.65 bits per heavy atom. The Balaban J connectivity index is 0.910. The van der Waals surface area contributed by atoms with Crippen LogP contribution in [0.1, 0.15) is 77.2 Å². The normalized spacial score (nSPS) is 49.5. The molecule has 1 aromatic carbocycles. The molecule has 3 saturated carbocycles. The third-order valence-corrected chi connectivity index (χ3v) is 19.1. The number of allylic oxidation sites excluding steroid dienone is 1. The highest BCUT2D eigenvalue weighted by atomic mass is 16.8. The van der Waals surface area contributed by atoms with E-state index in [1.165, 1.54) is 5.57 Å². The van der Waals surface area contributed by atoms with Crippen LogP contribution in [0.15, 0.2) is 29.8 Å². The minimum atomic E-state index is -1.81. The van der Waals surface area contributed by atoms with Crippen LogP contribution in [0.5, 0.6) is 11.5 Å². The van der Waals surface area contributed by atoms with Crippen molar-refractivity contribution in [3.8, 4) is 11.5 Å². The largest absolute Gasteiger partial charge is 0.497 e. The van der Waals surface area contributed by atoms with E-state index in [0.717, 1.165) is 37.7 Å². The van der Waals surface area contributed by atoms with E-state index in [1.807, 2.05) is 25.1 Å². The number of ether oxygens (including phenoxy) is 10. The molecular formula is C53H82O24. The van der Waals surface area contributed by atoms with Crippen LogP contribution in [0.2, 0.25) is 0 Å². The summed E-state index contributed by atoms with van der Waals surface area (Å²) in [7, 11) is 3.22. The topological polar surface area (TPSA) is 376 Å². The Labute approximate surface area is 446 Å². The first-order valence-electron chi connectivity index (χ1n) is 27.1. The lowest BCUT2D eigenvalue weighted by atomic mass is 9.47. The molecule has 24 heteroatoms. The SMILES string of the molecule is COc1ccc(OC)c(C2C[C@H]3[C@@H]4CC=C5C[C@@H](O[C@@H]6O[C@H](CO)[C@@H](O[C@@H]7O[C@H](CO)[C@H](O)[C@H](O)[C@H]7O)[C@H](O)[C@H]6O)CC[C@]5(C)[C@H]4CC[C@]3(C)[C@H]2C(C)O[C@@H]2O[C@H](CO)[C@@H](O[C@@H]3O[C@H](CO)[C@H](O)[C@H](O)[C@H]3O)[C@H](O)[C@H]2O)c1. The van der Waals surface area contributed by atoms with Gasteiger partial charge in [-0.3, -0.25) is 0 Å². The van der Waals surface area contributed by atoms with Gasteiger partial charge in [-0.15, -0.1) is 0 Å². The number of hydrogen-bond acceptors (Lipinski definition) is 24. The van der Waals surface area contributed by atoms with Crippen molar-refractivity contribution in [1.82, 2.24) is 0 Å². The third-order valence-electron chi connectivity index (χ3n) is 19.1. The van der Waals surface area contributed by atoms with Gasteiger partial charge in [-0.1, -0.05) is 25.5 Å². The predicted molar refractivity (Wildman–Crippen MR) is 261 cm³/mol. The summed E-state index contributed by atoms with van der Waals surface area (Å²) in [4.78, 5) is 0. The van der Waals surface area contributed by atoms with Crippen LogP contribution in [0.3, 0.4) is 0 Å². The highest BCUT2D eigenvalue weighted by Crippen LogP contribution is 2.70. The fourth-order valence-corrected chi connectivity index (χ4v) is 15.0. The first kappa shape index (κ1) is 59.3. The van der Waals surface area contributed by atoms with E-state index in [0.29, 0.717) is 24.3 Å². The number of methoxy groups -OCH3 is 2. The number of hydrogen-bond donors (Lipinski definition) is 14. The molecule has 1 aromatic rings. The number of aliphatic hydroxyl groups is 14. The highest BCUT2D eigenvalue weighted by molar-refractivity contribution is 5.44. The van der Waals surface area contributed by atoms with Crippen molar-refractivity contribution in [2.24, 2.45) is 34.5 Å². The summed E-state index contributed by atoms with van der Waals surface area (Å²) in [5.41, 5.74) is 1.57. The molecule has 7 fully saturated rings. The molecule has 8 aliphatic rings. The maximum absolute atomic E-state index is 11.7. The van der Waals surface area contributed by atoms with Crippen molar-refractivity contribution in [2.75, 3.05) is 40.6 Å². The van der Waals surface area contributed by atoms with Crippen LogP contribution < -0.4 is 9.47 Å². The molecule has 4 aliphatic carbocycles. The van der Waals surface area contributed by atoms with Crippen LogP contribution in [0.4, 0.5) is 0 Å². The van der Waals surface area contributed by atoms with E-state index >= 15 is 0 Å². The second-order valence-electron chi connectivity index (χ2n) is 23.1. The van der Waals surface area contributed by atoms with Gasteiger partial charge in [0.25, 0.3) is 0 Å². The second kappa shape index (κ2) is 23.9. The van der Waals surface area contributed by atoms with Crippen molar-refractivity contribution in [2.45, 2.75) is 207 Å². The van der Waals surface area contributed by atoms with Gasteiger partial charge in [0.05, 0.1) is 52.9 Å². The number of fused-ring (bicyclic) bond motifs is 5. The average Bonchev–Trinajstić information content (AvgIpc) is 3.76. The van der Waals surface area contributed by atoms with Crippen LogP contribution in [0.25, 0.3) is 0 Å². The van der Waals surface area contributed by atoms with Crippen LogP contribution in [-0.4, -0.2) is 247 Å². The second-order valence-corrected chi connectivity index (χ2v) is 23.1. The molecule has 29 atom stereocenters. The Kier molecular flexibility index (Phi) is 18.4. The molecule has 438 valence electrons. The quantitative estimate of drug-likeness (QED) is 0.0734. The Morgan fingerprint density at radius 2 is 1.10 bits per heavy atom. The summed E-state index contributed by atoms with van der Waals surface area (Å²) >= 11 is 0. The van der Waals surface area contributed by atoms with Gasteiger partial charge in [0.15, 0.2) is 25.2 Å². The molecule has 2 unspecified atom stereocenters. The first-order valence-corrected chi connectivity index (χ1v) is 27.1. The molecule has 0 spiro atoms. The number of benzene rings is 1. The lowest BCUT2D eigenvalue weighted by Gasteiger charge is -2.58. The Hall–Kier alpha value is -2.32. The third kappa shape index (κ3) is 10.7. The zero-order valence-corrected chi connectivity index (χ0v) is 44.0. The predicted octanol–water partition coefficient (Wildman–Crippen LogP) is -2.99. The highest BCUT2D eigenvalue weighted by Gasteiger charge is 2.64. The maximum atomic E-state index is 11.7. The lowest BCUT2D eigenvalue weighted by molar-refractivity contribution is -0.364. The summed E-state index contributed by atoms with van der Waals surface area (Å²) in [6.07, 6.45) is -25.3. The van der Waals surface area contributed by atoms with Gasteiger partial charge in [-0.05, 0) is 110 Å². The standard InChI is InChI=1S/C53H82O24/c1-21(70-48-44(66)40(62)46(33(19-56)74-48)76-50-42(64)38(60)36(58)31(17-54)72-50)35-27(26-15-23(68-4)7-9-30(26)69-5)16-29-25-8-6-22-14-24(10-12-52(22,2)28(25)11-13-53(29,35)3)71-49-45(67)41(63)47(34(20-57)75-49)77-51-43(65)39(61)37(59)32(18-55)73-51/h6-7,9,15,21,24-25,27-29,31-51,54-67H,8,10-14,16-20H2,1-5H3/t21?,24-,25+,27?,28-,29-,31+,32+,33+,34+,35-,36-,37-,38-,39-,40+,41+,42+,43+,44+,45+,46+,47+,48+,49+,50-,51-,52-,53-/m0/s1. The molecule has 4 heterocycles. The van der Waals surface area contributed by atoms with Gasteiger partial charge in [-0.2, -0.15) is 0 Å². The van der Waals surface area contributed by atoms with Crippen LogP contribution in [0, 0.1) is 34.5 Å². The molecule has 0 amide bonds. The Bertz CT molecular complexity index is 2150. The lowest BCUT2D eigenvalue weighted by Crippen LogP contribution is -2.65. The molecule has 4 aliphatic heterocycles. The molecule has 0 aromatic heterocycles. The van der Waals surface area contributed by atoms with E-state index in [4.69, 9.17) is 47.4 Å². The molecule has 14 N–H and O–H groups in total. The van der Waals surface area contributed by atoms with Crippen molar-refractivity contribution >= 4 is 0 Å². The molecule has 77 heavy (non-hydrogen) atoms. The molecular weight excluding hydrogens is 1020 g/mol. The monoisotopic (exact) mass is 1100 g/mol. The van der Waals surface area contributed by atoms with Gasteiger partial charge in [0.2, 0.25) is 0 Å². The summed E-state index contributed by atoms with van der Waals surface area (Å²) in [6, 6.07) is 5.71. The summed E-state index contributed by atoms with van der Waals surface area (Å²) in [5, 5.41) is 149. The van der Waals surface area contributed by atoms with E-state index in [2.05, 4.69) is 19.9 Å². The van der Waals surface area contributed by atoms with Gasteiger partial charge >= 0.3 is 0 Å². The van der Waals surface area contributed by atoms with Crippen molar-refractivity contribution < 1.29 is 119 Å². The van der Waals surface area contributed by atoms with E-state index in [1.54, 1.807) is 14.2 Å². The van der Waals surface area contributed by atoms with Crippen LogP contribution in [-0.2, 0) is 37.9 Å². The molecule has 0 bridgehead atoms. The van der Waals surface area contributed by atoms with Gasteiger partial charge < -0.3 is 119 Å². The maximum Gasteiger partial charge on any atom is 0.187 e. The molecule has 9 rings (SSSR count). The molecule has 0 radical (unpaired) electrons. The minimum absolute atomic E-state index is 0.157. The van der Waals surface area contributed by atoms with E-state index in [9.17, 15) is 71.5 Å². The van der Waals surface area contributed by atoms with Gasteiger partial charge in [-0.25, -0.2) is 0 Å². The number of rotatable bonds is 16. The summed E-state index contributed by atoms with van der Waals surface area (Å²) in [5.74, 6) is 1.60. The fraction of sp³-hybridized carbons (Fsp3) is 0.849. The number of aliphatic hydroxyl groups excluding tert-OH is 14. The van der Waals surface area contributed by atoms with E-state index in [-0.39, 0.29) is 40.4 Å². The Morgan fingerprint density at radius 1 is 0.584 bits per heavy atom. The van der Waals surface area contributed by atoms with Gasteiger partial charge in [0.1, 0.15) is 109 Å². The zero-order chi connectivity index (χ0) is 55.6. The molecule has 4 saturated heterocycles. The zero-order valence-electron chi connectivity index (χ0n) is 44.0. The summed E-state index contributed by atoms with van der Waals surface area (Å²) < 4.78 is 59.6. The minimum Gasteiger partial charge on any atom is -0.497 e. The average molecular weight is 1100 g/mol. The van der Waals surface area contributed by atoms with E-state index < -0.39 is 161 Å². The fourth-order valence-electron chi connectivity index (χ4n) is 15.0. The van der Waals surface area contributed by atoms with Crippen molar-refractivity contribution in [1.29, 1.82) is 0 Å². The summed E-state index contributed by atoms with van der Waals surface area (Å²) in [6.45, 7) is 3.70. The van der Waals surface area contributed by atoms with Gasteiger partial charge in [0, 0.05) is 5.56 Å². The smallest absolute Gasteiger partial charge is 0.187 e. The van der Waals surface area contributed by atoms with Crippen LogP contribution >= 0.6 is 0 Å². The van der Waals surface area contributed by atoms with Crippen molar-refractivity contribution in [3.63, 3.8) is 0 Å².